The van der Waals surface area contributed by atoms with Crippen LogP contribution in [0.4, 0.5) is 4.39 Å². The molecule has 96 valence electrons. The second-order valence-electron chi connectivity index (χ2n) is 4.27. The van der Waals surface area contributed by atoms with Crippen molar-refractivity contribution in [1.29, 1.82) is 5.26 Å². The van der Waals surface area contributed by atoms with Crippen LogP contribution in [0.1, 0.15) is 37.8 Å². The maximum absolute atomic E-state index is 14.3. The molecule has 0 heterocycles. The lowest BCUT2D eigenvalue weighted by molar-refractivity contribution is -0.154. The molecule has 0 N–H and O–H groups in total. The van der Waals surface area contributed by atoms with Crippen molar-refractivity contribution in [1.82, 2.24) is 0 Å². The molecule has 4 heteroatoms. The van der Waals surface area contributed by atoms with Gasteiger partial charge in [-0.05, 0) is 18.4 Å². The highest BCUT2D eigenvalue weighted by Gasteiger charge is 2.42. The lowest BCUT2D eigenvalue weighted by atomic mass is 9.94. The molecule has 0 spiro atoms. The third kappa shape index (κ3) is 2.67. The minimum Gasteiger partial charge on any atom is -0.463 e. The van der Waals surface area contributed by atoms with Crippen LogP contribution in [0.15, 0.2) is 24.3 Å². The second-order valence-corrected chi connectivity index (χ2v) is 4.27. The molecule has 0 aromatic heterocycles. The zero-order valence-electron chi connectivity index (χ0n) is 10.7. The molecule has 0 saturated carbocycles. The van der Waals surface area contributed by atoms with E-state index in [9.17, 15) is 9.18 Å². The Hall–Kier alpha value is -1.89. The summed E-state index contributed by atoms with van der Waals surface area (Å²) >= 11 is 0. The zero-order valence-corrected chi connectivity index (χ0v) is 10.7. The van der Waals surface area contributed by atoms with Crippen LogP contribution in [0, 0.1) is 11.3 Å². The summed E-state index contributed by atoms with van der Waals surface area (Å²) in [4.78, 5) is 11.5. The van der Waals surface area contributed by atoms with E-state index in [0.29, 0.717) is 5.92 Å². The number of nitriles is 1. The minimum absolute atomic E-state index is 0.00727. The number of benzene rings is 1. The lowest BCUT2D eigenvalue weighted by Gasteiger charge is -2.16. The van der Waals surface area contributed by atoms with E-state index in [1.54, 1.807) is 19.1 Å². The number of halogens is 1. The number of alkyl halides is 1. The minimum atomic E-state index is -2.73. The largest absolute Gasteiger partial charge is 0.463 e. The molecule has 1 atom stereocenters. The van der Waals surface area contributed by atoms with Crippen LogP contribution >= 0.6 is 0 Å². The molecule has 1 aromatic carbocycles. The molecule has 0 bridgehead atoms. The lowest BCUT2D eigenvalue weighted by Crippen LogP contribution is -2.31. The summed E-state index contributed by atoms with van der Waals surface area (Å²) in [5, 5.41) is 8.89. The summed E-state index contributed by atoms with van der Waals surface area (Å²) in [6.07, 6.45) is 0. The van der Waals surface area contributed by atoms with Gasteiger partial charge in [0, 0.05) is 5.56 Å². The highest BCUT2D eigenvalue weighted by Crippen LogP contribution is 2.28. The fourth-order valence-electron chi connectivity index (χ4n) is 1.56. The van der Waals surface area contributed by atoms with Crippen LogP contribution in [-0.4, -0.2) is 12.6 Å². The average molecular weight is 249 g/mol. The van der Waals surface area contributed by atoms with Crippen LogP contribution in [0.5, 0.6) is 0 Å². The molecule has 3 nitrogen and oxygen atoms in total. The summed E-state index contributed by atoms with van der Waals surface area (Å²) < 4.78 is 18.9. The molecule has 18 heavy (non-hydrogen) atoms. The Kier molecular flexibility index (Phi) is 4.43. The van der Waals surface area contributed by atoms with Crippen molar-refractivity contribution in [2.24, 2.45) is 0 Å². The smallest absolute Gasteiger partial charge is 0.363 e. The van der Waals surface area contributed by atoms with E-state index in [-0.39, 0.29) is 12.2 Å². The Labute approximate surface area is 106 Å². The van der Waals surface area contributed by atoms with Gasteiger partial charge in [-0.25, -0.2) is 9.18 Å². The number of hydrogen-bond acceptors (Lipinski definition) is 3. The molecule has 0 aliphatic carbocycles. The average Bonchev–Trinajstić information content (AvgIpc) is 2.38. The van der Waals surface area contributed by atoms with Gasteiger partial charge in [-0.15, -0.1) is 0 Å². The first kappa shape index (κ1) is 14.2. The van der Waals surface area contributed by atoms with Crippen LogP contribution in [0.3, 0.4) is 0 Å². The van der Waals surface area contributed by atoms with Gasteiger partial charge in [0.05, 0.1) is 6.61 Å². The molecule has 0 amide bonds. The van der Waals surface area contributed by atoms with Crippen molar-refractivity contribution in [2.75, 3.05) is 6.61 Å². The van der Waals surface area contributed by atoms with E-state index in [1.807, 2.05) is 13.8 Å². The number of rotatable bonds is 4. The van der Waals surface area contributed by atoms with Gasteiger partial charge in [-0.3, -0.25) is 0 Å². The third-order valence-electron chi connectivity index (χ3n) is 2.69. The van der Waals surface area contributed by atoms with Crippen molar-refractivity contribution >= 4 is 5.97 Å². The number of esters is 1. The monoisotopic (exact) mass is 249 g/mol. The van der Waals surface area contributed by atoms with E-state index in [1.165, 1.54) is 18.2 Å². The number of hydrogen-bond donors (Lipinski definition) is 0. The maximum atomic E-state index is 14.3. The molecular formula is C14H16FNO2. The Morgan fingerprint density at radius 2 is 2.00 bits per heavy atom. The van der Waals surface area contributed by atoms with Crippen LogP contribution in [0.25, 0.3) is 0 Å². The van der Waals surface area contributed by atoms with Crippen LogP contribution < -0.4 is 0 Å². The van der Waals surface area contributed by atoms with Crippen LogP contribution in [0.2, 0.25) is 0 Å². The van der Waals surface area contributed by atoms with Gasteiger partial charge < -0.3 is 4.74 Å². The van der Waals surface area contributed by atoms with Crippen molar-refractivity contribution < 1.29 is 13.9 Å². The summed E-state index contributed by atoms with van der Waals surface area (Å²) in [7, 11) is 0. The SMILES string of the molecule is CCOC(=O)[C@](F)(C#N)c1ccc(C(C)C)cc1. The first-order valence-corrected chi connectivity index (χ1v) is 5.83. The molecular weight excluding hydrogens is 233 g/mol. The summed E-state index contributed by atoms with van der Waals surface area (Å²) in [6, 6.07) is 7.72. The number of carbonyl (C=O) groups excluding carboxylic acids is 1. The molecule has 0 saturated heterocycles. The Balaban J connectivity index is 3.10. The first-order valence-electron chi connectivity index (χ1n) is 5.83. The van der Waals surface area contributed by atoms with Crippen molar-refractivity contribution in [3.63, 3.8) is 0 Å². The fourth-order valence-corrected chi connectivity index (χ4v) is 1.56. The third-order valence-corrected chi connectivity index (χ3v) is 2.69. The Morgan fingerprint density at radius 1 is 1.44 bits per heavy atom. The summed E-state index contributed by atoms with van der Waals surface area (Å²) in [5.41, 5.74) is -1.71. The van der Waals surface area contributed by atoms with Gasteiger partial charge in [0.25, 0.3) is 0 Å². The normalized spacial score (nSPS) is 13.8. The Morgan fingerprint density at radius 3 is 2.39 bits per heavy atom. The van der Waals surface area contributed by atoms with Crippen molar-refractivity contribution in [3.05, 3.63) is 35.4 Å². The van der Waals surface area contributed by atoms with E-state index in [0.717, 1.165) is 5.56 Å². The van der Waals surface area contributed by atoms with Crippen LogP contribution in [-0.2, 0) is 15.2 Å². The van der Waals surface area contributed by atoms with E-state index < -0.39 is 11.6 Å². The second kappa shape index (κ2) is 5.63. The van der Waals surface area contributed by atoms with Gasteiger partial charge in [0.1, 0.15) is 6.07 Å². The fraction of sp³-hybridized carbons (Fsp3) is 0.429. The quantitative estimate of drug-likeness (QED) is 0.770. The van der Waals surface area contributed by atoms with Gasteiger partial charge >= 0.3 is 11.6 Å². The zero-order chi connectivity index (χ0) is 13.8. The van der Waals surface area contributed by atoms with Crippen molar-refractivity contribution in [2.45, 2.75) is 32.4 Å². The van der Waals surface area contributed by atoms with E-state index >= 15 is 0 Å². The van der Waals surface area contributed by atoms with Gasteiger partial charge in [-0.1, -0.05) is 38.1 Å². The predicted molar refractivity (Wildman–Crippen MR) is 65.6 cm³/mol. The molecule has 0 radical (unpaired) electrons. The van der Waals surface area contributed by atoms with Gasteiger partial charge in [0.2, 0.25) is 0 Å². The number of ether oxygens (including phenoxy) is 1. The van der Waals surface area contributed by atoms with E-state index in [2.05, 4.69) is 4.74 Å². The number of carbonyl (C=O) groups is 1. The maximum Gasteiger partial charge on any atom is 0.363 e. The standard InChI is InChI=1S/C14H16FNO2/c1-4-18-13(17)14(15,9-16)12-7-5-11(6-8-12)10(2)3/h5-8,10H,4H2,1-3H3/t14-/m0/s1. The first-order chi connectivity index (χ1) is 8.45. The van der Waals surface area contributed by atoms with Crippen molar-refractivity contribution in [3.8, 4) is 6.07 Å². The summed E-state index contributed by atoms with van der Waals surface area (Å²) in [6.45, 7) is 5.62. The van der Waals surface area contributed by atoms with Gasteiger partial charge in [-0.2, -0.15) is 5.26 Å². The number of nitrogens with zero attached hydrogens (tertiary/aromatic N) is 1. The molecule has 0 aliphatic rings. The predicted octanol–water partition coefficient (Wildman–Crippen LogP) is 3.06. The highest BCUT2D eigenvalue weighted by atomic mass is 19.1. The topological polar surface area (TPSA) is 50.1 Å². The summed E-state index contributed by atoms with van der Waals surface area (Å²) in [5.74, 6) is -0.859. The van der Waals surface area contributed by atoms with Gasteiger partial charge in [0.15, 0.2) is 0 Å². The molecule has 1 rings (SSSR count). The molecule has 0 aliphatic heterocycles. The molecule has 0 fully saturated rings. The Bertz CT molecular complexity index is 462. The molecule has 0 unspecified atom stereocenters. The molecule has 1 aromatic rings. The van der Waals surface area contributed by atoms with E-state index in [4.69, 9.17) is 5.26 Å². The highest BCUT2D eigenvalue weighted by molar-refractivity contribution is 5.84.